The van der Waals surface area contributed by atoms with Crippen LogP contribution in [0, 0.1) is 5.92 Å². The summed E-state index contributed by atoms with van der Waals surface area (Å²) in [5.41, 5.74) is -0.778. The molecule has 0 aromatic heterocycles. The fourth-order valence-electron chi connectivity index (χ4n) is 2.85. The second-order valence-corrected chi connectivity index (χ2v) is 6.18. The number of carboxylic acids is 1. The van der Waals surface area contributed by atoms with Gasteiger partial charge in [-0.1, -0.05) is 13.3 Å². The van der Waals surface area contributed by atoms with Gasteiger partial charge in [0.1, 0.15) is 5.54 Å². The lowest BCUT2D eigenvalue weighted by atomic mass is 9.92. The van der Waals surface area contributed by atoms with Crippen molar-refractivity contribution in [3.8, 4) is 0 Å². The maximum Gasteiger partial charge on any atom is 0.324 e. The second-order valence-electron chi connectivity index (χ2n) is 6.18. The highest BCUT2D eigenvalue weighted by molar-refractivity contribution is 5.78. The number of carboxylic acid groups (broad SMARTS) is 1. The molecule has 1 heterocycles. The van der Waals surface area contributed by atoms with Gasteiger partial charge in [0.05, 0.1) is 0 Å². The quantitative estimate of drug-likeness (QED) is 0.757. The van der Waals surface area contributed by atoms with E-state index in [1.165, 1.54) is 19.3 Å². The molecule has 104 valence electrons. The third-order valence-electron chi connectivity index (χ3n) is 4.40. The summed E-state index contributed by atoms with van der Waals surface area (Å²) in [6.07, 6.45) is 5.94. The fourth-order valence-corrected chi connectivity index (χ4v) is 2.85. The van der Waals surface area contributed by atoms with Gasteiger partial charge in [0, 0.05) is 12.6 Å². The van der Waals surface area contributed by atoms with Gasteiger partial charge in [-0.2, -0.15) is 0 Å². The number of rotatable bonds is 6. The summed E-state index contributed by atoms with van der Waals surface area (Å²) < 4.78 is 0. The van der Waals surface area contributed by atoms with Crippen LogP contribution in [0.15, 0.2) is 0 Å². The van der Waals surface area contributed by atoms with Crippen molar-refractivity contribution < 1.29 is 9.90 Å². The molecule has 0 aromatic rings. The number of likely N-dealkylation sites (tertiary alicyclic amines) is 1. The first-order chi connectivity index (χ1) is 8.53. The molecule has 2 N–H and O–H groups in total. The number of nitrogens with zero attached hydrogens (tertiary/aromatic N) is 1. The largest absolute Gasteiger partial charge is 0.480 e. The minimum absolute atomic E-state index is 0.430. The monoisotopic (exact) mass is 254 g/mol. The maximum atomic E-state index is 11.5. The molecule has 1 atom stereocenters. The van der Waals surface area contributed by atoms with Crippen LogP contribution in [0.2, 0.25) is 0 Å². The number of hydrogen-bond acceptors (Lipinski definition) is 3. The van der Waals surface area contributed by atoms with Crippen molar-refractivity contribution >= 4 is 5.97 Å². The first-order valence-corrected chi connectivity index (χ1v) is 7.27. The zero-order chi connectivity index (χ0) is 13.2. The topological polar surface area (TPSA) is 52.6 Å². The molecule has 0 aromatic carbocycles. The van der Waals surface area contributed by atoms with E-state index < -0.39 is 11.5 Å². The highest BCUT2D eigenvalue weighted by Gasteiger charge is 2.40. The van der Waals surface area contributed by atoms with Crippen LogP contribution >= 0.6 is 0 Å². The van der Waals surface area contributed by atoms with Gasteiger partial charge in [-0.05, 0) is 51.6 Å². The molecule has 0 amide bonds. The zero-order valence-corrected chi connectivity index (χ0v) is 11.6. The molecule has 4 heteroatoms. The summed E-state index contributed by atoms with van der Waals surface area (Å²) >= 11 is 0. The molecule has 1 aliphatic heterocycles. The molecule has 4 nitrogen and oxygen atoms in total. The molecule has 2 rings (SSSR count). The van der Waals surface area contributed by atoms with E-state index in [1.807, 2.05) is 6.92 Å². The minimum Gasteiger partial charge on any atom is -0.480 e. The Morgan fingerprint density at radius 1 is 1.33 bits per heavy atom. The van der Waals surface area contributed by atoms with Crippen LogP contribution in [0.4, 0.5) is 0 Å². The highest BCUT2D eigenvalue weighted by Crippen LogP contribution is 2.25. The van der Waals surface area contributed by atoms with Gasteiger partial charge in [0.15, 0.2) is 0 Å². The summed E-state index contributed by atoms with van der Waals surface area (Å²) in [6.45, 7) is 6.81. The van der Waals surface area contributed by atoms with E-state index in [0.717, 1.165) is 31.8 Å². The Balaban J connectivity index is 1.86. The summed E-state index contributed by atoms with van der Waals surface area (Å²) in [6, 6.07) is 0.430. The Kier molecular flexibility index (Phi) is 4.28. The Morgan fingerprint density at radius 3 is 2.39 bits per heavy atom. The minimum atomic E-state index is -0.778. The van der Waals surface area contributed by atoms with E-state index >= 15 is 0 Å². The van der Waals surface area contributed by atoms with Crippen LogP contribution in [0.1, 0.15) is 46.0 Å². The summed E-state index contributed by atoms with van der Waals surface area (Å²) in [4.78, 5) is 13.8. The fraction of sp³-hybridized carbons (Fsp3) is 0.929. The first kappa shape index (κ1) is 13.8. The summed E-state index contributed by atoms with van der Waals surface area (Å²) in [7, 11) is 0. The van der Waals surface area contributed by atoms with Crippen LogP contribution in [-0.2, 0) is 4.79 Å². The van der Waals surface area contributed by atoms with E-state index in [2.05, 4.69) is 17.1 Å². The van der Waals surface area contributed by atoms with Gasteiger partial charge in [0.25, 0.3) is 0 Å². The van der Waals surface area contributed by atoms with Crippen molar-refractivity contribution in [3.63, 3.8) is 0 Å². The van der Waals surface area contributed by atoms with Gasteiger partial charge >= 0.3 is 5.97 Å². The van der Waals surface area contributed by atoms with Crippen molar-refractivity contribution in [1.29, 1.82) is 0 Å². The zero-order valence-electron chi connectivity index (χ0n) is 11.6. The molecule has 2 fully saturated rings. The average molecular weight is 254 g/mol. The van der Waals surface area contributed by atoms with E-state index in [0.29, 0.717) is 12.6 Å². The van der Waals surface area contributed by atoms with E-state index in [4.69, 9.17) is 0 Å². The van der Waals surface area contributed by atoms with Crippen LogP contribution in [0.5, 0.6) is 0 Å². The Bertz CT molecular complexity index is 296. The molecule has 2 aliphatic rings. The lowest BCUT2D eigenvalue weighted by Crippen LogP contribution is -2.58. The molecule has 0 radical (unpaired) electrons. The van der Waals surface area contributed by atoms with Crippen LogP contribution in [-0.4, -0.2) is 47.2 Å². The molecule has 1 saturated carbocycles. The predicted octanol–water partition coefficient (Wildman–Crippen LogP) is 1.70. The van der Waals surface area contributed by atoms with Crippen LogP contribution in [0.3, 0.4) is 0 Å². The van der Waals surface area contributed by atoms with Crippen molar-refractivity contribution in [2.45, 2.75) is 57.5 Å². The molecular weight excluding hydrogens is 228 g/mol. The molecule has 0 bridgehead atoms. The SMILES string of the molecule is CCC1CCN(CC(C)(NC2CC2)C(=O)O)CC1. The molecule has 1 unspecified atom stereocenters. The van der Waals surface area contributed by atoms with E-state index in [1.54, 1.807) is 0 Å². The molecule has 1 aliphatic carbocycles. The van der Waals surface area contributed by atoms with Crippen molar-refractivity contribution in [1.82, 2.24) is 10.2 Å². The lowest BCUT2D eigenvalue weighted by molar-refractivity contribution is -0.145. The Labute approximate surface area is 110 Å². The first-order valence-electron chi connectivity index (χ1n) is 7.27. The molecule has 0 spiro atoms. The third-order valence-corrected chi connectivity index (χ3v) is 4.40. The molecular formula is C14H26N2O2. The number of carbonyl (C=O) groups is 1. The highest BCUT2D eigenvalue weighted by atomic mass is 16.4. The van der Waals surface area contributed by atoms with E-state index in [9.17, 15) is 9.90 Å². The number of nitrogens with one attached hydrogen (secondary N) is 1. The van der Waals surface area contributed by atoms with Crippen LogP contribution < -0.4 is 5.32 Å². The van der Waals surface area contributed by atoms with Crippen molar-refractivity contribution in [2.75, 3.05) is 19.6 Å². The Hall–Kier alpha value is -0.610. The number of hydrogen-bond donors (Lipinski definition) is 2. The van der Waals surface area contributed by atoms with Crippen molar-refractivity contribution in [3.05, 3.63) is 0 Å². The van der Waals surface area contributed by atoms with E-state index in [-0.39, 0.29) is 0 Å². The summed E-state index contributed by atoms with van der Waals surface area (Å²) in [5.74, 6) is 0.126. The average Bonchev–Trinajstić information content (AvgIpc) is 3.13. The summed E-state index contributed by atoms with van der Waals surface area (Å²) in [5, 5.41) is 12.7. The lowest BCUT2D eigenvalue weighted by Gasteiger charge is -2.37. The third kappa shape index (κ3) is 3.45. The number of aliphatic carboxylic acids is 1. The van der Waals surface area contributed by atoms with Gasteiger partial charge in [-0.15, -0.1) is 0 Å². The van der Waals surface area contributed by atoms with Gasteiger partial charge < -0.3 is 10.0 Å². The normalized spacial score (nSPS) is 25.9. The number of piperidine rings is 1. The van der Waals surface area contributed by atoms with Crippen molar-refractivity contribution in [2.24, 2.45) is 5.92 Å². The maximum absolute atomic E-state index is 11.5. The van der Waals surface area contributed by atoms with Crippen LogP contribution in [0.25, 0.3) is 0 Å². The van der Waals surface area contributed by atoms with Gasteiger partial charge in [0.2, 0.25) is 0 Å². The van der Waals surface area contributed by atoms with Gasteiger partial charge in [-0.25, -0.2) is 0 Å². The van der Waals surface area contributed by atoms with Gasteiger partial charge in [-0.3, -0.25) is 10.1 Å². The predicted molar refractivity (Wildman–Crippen MR) is 71.7 cm³/mol. The molecule has 1 saturated heterocycles. The Morgan fingerprint density at radius 2 is 1.94 bits per heavy atom. The standard InChI is InChI=1S/C14H26N2O2/c1-3-11-6-8-16(9-7-11)10-14(2,13(17)18)15-12-4-5-12/h11-12,15H,3-10H2,1-2H3,(H,17,18). The molecule has 18 heavy (non-hydrogen) atoms. The second kappa shape index (κ2) is 5.57. The smallest absolute Gasteiger partial charge is 0.324 e.